The Bertz CT molecular complexity index is 819. The fraction of sp³-hybridized carbons (Fsp3) is 0.435. The van der Waals surface area contributed by atoms with Crippen LogP contribution in [0.4, 0.5) is 17.1 Å². The third kappa shape index (κ3) is 4.30. The van der Waals surface area contributed by atoms with Crippen LogP contribution < -0.4 is 15.1 Å². The molecule has 0 aliphatic carbocycles. The number of rotatable bonds is 4. The maximum Gasteiger partial charge on any atom is 0.246 e. The number of piperidine rings is 1. The largest absolute Gasteiger partial charge is 0.374 e. The number of thioether (sulfide) groups is 1. The van der Waals surface area contributed by atoms with Crippen LogP contribution in [0.2, 0.25) is 0 Å². The Morgan fingerprint density at radius 2 is 1.71 bits per heavy atom. The van der Waals surface area contributed by atoms with E-state index in [4.69, 9.17) is 0 Å². The van der Waals surface area contributed by atoms with Crippen LogP contribution in [0, 0.1) is 0 Å². The Labute approximate surface area is 172 Å². The molecule has 2 aromatic carbocycles. The normalized spacial score (nSPS) is 19.7. The van der Waals surface area contributed by atoms with E-state index in [1.807, 2.05) is 28.8 Å². The van der Waals surface area contributed by atoms with Gasteiger partial charge in [-0.25, -0.2) is 0 Å². The molecule has 1 atom stereocenters. The van der Waals surface area contributed by atoms with E-state index in [9.17, 15) is 4.79 Å². The molecule has 28 heavy (non-hydrogen) atoms. The maximum absolute atomic E-state index is 13.1. The maximum atomic E-state index is 13.1. The van der Waals surface area contributed by atoms with Gasteiger partial charge in [0.05, 0.1) is 23.6 Å². The Morgan fingerprint density at radius 1 is 1.00 bits per heavy atom. The minimum absolute atomic E-state index is 0.135. The number of benzene rings is 2. The lowest BCUT2D eigenvalue weighted by Crippen LogP contribution is -2.37. The molecule has 2 aromatic rings. The van der Waals surface area contributed by atoms with Crippen LogP contribution in [0.25, 0.3) is 0 Å². The molecule has 5 heteroatoms. The second-order valence-electron chi connectivity index (χ2n) is 7.65. The van der Waals surface area contributed by atoms with Crippen LogP contribution in [0.3, 0.4) is 0 Å². The molecule has 0 aromatic heterocycles. The van der Waals surface area contributed by atoms with Crippen molar-refractivity contribution in [3.8, 4) is 0 Å². The van der Waals surface area contributed by atoms with Crippen LogP contribution in [-0.4, -0.2) is 37.3 Å². The lowest BCUT2D eigenvalue weighted by atomic mass is 10.1. The first-order valence-electron chi connectivity index (χ1n) is 10.4. The summed E-state index contributed by atoms with van der Waals surface area (Å²) < 4.78 is 0. The quantitative estimate of drug-likeness (QED) is 0.790. The zero-order chi connectivity index (χ0) is 19.3. The number of nitrogens with one attached hydrogen (secondary N) is 1. The number of amides is 1. The molecule has 0 radical (unpaired) electrons. The fourth-order valence-corrected chi connectivity index (χ4v) is 5.16. The van der Waals surface area contributed by atoms with E-state index >= 15 is 0 Å². The monoisotopic (exact) mass is 395 g/mol. The van der Waals surface area contributed by atoms with Gasteiger partial charge >= 0.3 is 0 Å². The van der Waals surface area contributed by atoms with E-state index in [1.54, 1.807) is 0 Å². The van der Waals surface area contributed by atoms with Crippen molar-refractivity contribution < 1.29 is 4.79 Å². The van der Waals surface area contributed by atoms with Crippen LogP contribution in [0.15, 0.2) is 53.4 Å². The number of carbonyl (C=O) groups excluding carboxylic acids is 1. The van der Waals surface area contributed by atoms with E-state index in [0.717, 1.165) is 37.4 Å². The second kappa shape index (κ2) is 8.91. The summed E-state index contributed by atoms with van der Waals surface area (Å²) in [5.74, 6) is 0.135. The average Bonchev–Trinajstić information content (AvgIpc) is 2.91. The van der Waals surface area contributed by atoms with E-state index in [0.29, 0.717) is 11.8 Å². The summed E-state index contributed by atoms with van der Waals surface area (Å²) in [4.78, 5) is 18.7. The van der Waals surface area contributed by atoms with E-state index < -0.39 is 0 Å². The Balaban J connectivity index is 1.48. The Kier molecular flexibility index (Phi) is 6.10. The summed E-state index contributed by atoms with van der Waals surface area (Å²) >= 11 is 1.87. The van der Waals surface area contributed by atoms with Crippen LogP contribution >= 0.6 is 11.8 Å². The molecule has 1 amide bonds. The molecule has 148 valence electrons. The van der Waals surface area contributed by atoms with Gasteiger partial charge in [-0.1, -0.05) is 31.2 Å². The minimum Gasteiger partial charge on any atom is -0.374 e. The third-order valence-corrected chi connectivity index (χ3v) is 6.81. The topological polar surface area (TPSA) is 35.6 Å². The summed E-state index contributed by atoms with van der Waals surface area (Å²) in [7, 11) is 0. The number of hydrogen-bond acceptors (Lipinski definition) is 4. The van der Waals surface area contributed by atoms with Gasteiger partial charge in [-0.3, -0.25) is 4.79 Å². The Morgan fingerprint density at radius 3 is 2.54 bits per heavy atom. The highest BCUT2D eigenvalue weighted by atomic mass is 32.2. The predicted molar refractivity (Wildman–Crippen MR) is 120 cm³/mol. The van der Waals surface area contributed by atoms with Crippen molar-refractivity contribution in [3.63, 3.8) is 0 Å². The van der Waals surface area contributed by atoms with Gasteiger partial charge in [-0.05, 0) is 49.9 Å². The van der Waals surface area contributed by atoms with Crippen LogP contribution in [0.5, 0.6) is 0 Å². The van der Waals surface area contributed by atoms with Crippen molar-refractivity contribution in [2.45, 2.75) is 42.8 Å². The molecule has 2 heterocycles. The van der Waals surface area contributed by atoms with Gasteiger partial charge in [0.15, 0.2) is 0 Å². The van der Waals surface area contributed by atoms with Crippen molar-refractivity contribution in [1.29, 1.82) is 0 Å². The lowest BCUT2D eigenvalue weighted by molar-refractivity contribution is -0.117. The van der Waals surface area contributed by atoms with Gasteiger partial charge in [0.25, 0.3) is 0 Å². The van der Waals surface area contributed by atoms with Gasteiger partial charge in [0.2, 0.25) is 5.91 Å². The van der Waals surface area contributed by atoms with E-state index in [-0.39, 0.29) is 5.91 Å². The van der Waals surface area contributed by atoms with E-state index in [1.165, 1.54) is 29.8 Å². The molecule has 4 rings (SSSR count). The zero-order valence-electron chi connectivity index (χ0n) is 16.6. The number of hydrogen-bond donors (Lipinski definition) is 1. The van der Waals surface area contributed by atoms with Crippen molar-refractivity contribution in [1.82, 2.24) is 0 Å². The molecule has 0 bridgehead atoms. The van der Waals surface area contributed by atoms with Crippen molar-refractivity contribution in [2.75, 3.05) is 41.3 Å². The first-order chi connectivity index (χ1) is 13.7. The molecular weight excluding hydrogens is 366 g/mol. The fourth-order valence-electron chi connectivity index (χ4n) is 4.05. The SMILES string of the molecule is C[C@H]1CCN(C(=O)CNc2ccccc2N2CCCCC2)c2ccccc2S1. The molecule has 0 saturated carbocycles. The molecule has 1 N–H and O–H groups in total. The standard InChI is InChI=1S/C23H29N3OS/c1-18-13-16-26(21-11-5-6-12-22(21)28-18)23(27)17-24-19-9-3-4-10-20(19)25-14-7-2-8-15-25/h3-6,9-12,18,24H,2,7-8,13-17H2,1H3/t18-/m0/s1. The van der Waals surface area contributed by atoms with Crippen LogP contribution in [0.1, 0.15) is 32.6 Å². The molecule has 2 aliphatic rings. The number of carbonyl (C=O) groups is 1. The highest BCUT2D eigenvalue weighted by molar-refractivity contribution is 8.00. The molecule has 0 spiro atoms. The van der Waals surface area contributed by atoms with Gasteiger partial charge in [-0.2, -0.15) is 0 Å². The first kappa shape index (κ1) is 19.2. The van der Waals surface area contributed by atoms with Crippen molar-refractivity contribution in [3.05, 3.63) is 48.5 Å². The first-order valence-corrected chi connectivity index (χ1v) is 11.2. The van der Waals surface area contributed by atoms with Crippen LogP contribution in [-0.2, 0) is 4.79 Å². The van der Waals surface area contributed by atoms with Crippen molar-refractivity contribution in [2.24, 2.45) is 0 Å². The molecule has 2 aliphatic heterocycles. The summed E-state index contributed by atoms with van der Waals surface area (Å²) in [5, 5.41) is 3.95. The summed E-state index contributed by atoms with van der Waals surface area (Å²) in [6, 6.07) is 16.7. The lowest BCUT2D eigenvalue weighted by Gasteiger charge is -2.31. The summed E-state index contributed by atoms with van der Waals surface area (Å²) in [6.07, 6.45) is 4.81. The number of anilines is 3. The molecule has 1 saturated heterocycles. The van der Waals surface area contributed by atoms with Crippen molar-refractivity contribution >= 4 is 34.7 Å². The van der Waals surface area contributed by atoms with E-state index in [2.05, 4.69) is 53.5 Å². The predicted octanol–water partition coefficient (Wildman–Crippen LogP) is 5.01. The second-order valence-corrected chi connectivity index (χ2v) is 9.13. The van der Waals surface area contributed by atoms with Gasteiger partial charge in [0.1, 0.15) is 0 Å². The van der Waals surface area contributed by atoms with Gasteiger partial charge in [-0.15, -0.1) is 11.8 Å². The summed E-state index contributed by atoms with van der Waals surface area (Å²) in [6.45, 7) is 5.53. The van der Waals surface area contributed by atoms with Gasteiger partial charge in [0, 0.05) is 29.8 Å². The van der Waals surface area contributed by atoms with Gasteiger partial charge < -0.3 is 15.1 Å². The number of nitrogens with zero attached hydrogens (tertiary/aromatic N) is 2. The number of fused-ring (bicyclic) bond motifs is 1. The highest BCUT2D eigenvalue weighted by Gasteiger charge is 2.24. The molecular formula is C23H29N3OS. The zero-order valence-corrected chi connectivity index (χ0v) is 17.4. The Hall–Kier alpha value is -2.14. The smallest absolute Gasteiger partial charge is 0.246 e. The number of para-hydroxylation sites is 3. The molecule has 1 fully saturated rings. The average molecular weight is 396 g/mol. The molecule has 4 nitrogen and oxygen atoms in total. The highest BCUT2D eigenvalue weighted by Crippen LogP contribution is 2.37. The minimum atomic E-state index is 0.135. The summed E-state index contributed by atoms with van der Waals surface area (Å²) in [5.41, 5.74) is 3.33. The molecule has 0 unspecified atom stereocenters. The third-order valence-electron chi connectivity index (χ3n) is 5.58.